The Bertz CT molecular complexity index is 810. The lowest BCUT2D eigenvalue weighted by atomic mass is 10.1. The van der Waals surface area contributed by atoms with E-state index < -0.39 is 0 Å². The molecule has 0 radical (unpaired) electrons. The number of imidazole rings is 1. The summed E-state index contributed by atoms with van der Waals surface area (Å²) in [6.07, 6.45) is 0.844. The Hall–Kier alpha value is -2.12. The monoisotopic (exact) mass is 319 g/mol. The number of methoxy groups -OCH3 is 2. The third-order valence-corrected chi connectivity index (χ3v) is 4.51. The molecule has 0 saturated heterocycles. The highest BCUT2D eigenvalue weighted by molar-refractivity contribution is 7.16. The largest absolute Gasteiger partial charge is 0.497 e. The van der Waals surface area contributed by atoms with Crippen LogP contribution in [-0.4, -0.2) is 33.9 Å². The zero-order valence-corrected chi connectivity index (χ0v) is 13.5. The van der Waals surface area contributed by atoms with E-state index >= 15 is 0 Å². The van der Waals surface area contributed by atoms with Crippen LogP contribution in [0.3, 0.4) is 0 Å². The molecule has 0 aliphatic rings. The summed E-state index contributed by atoms with van der Waals surface area (Å²) in [6.45, 7) is 1.90. The Morgan fingerprint density at radius 3 is 2.73 bits per heavy atom. The van der Waals surface area contributed by atoms with Gasteiger partial charge in [0.2, 0.25) is 4.96 Å². The van der Waals surface area contributed by atoms with Gasteiger partial charge in [-0.25, -0.2) is 9.50 Å². The van der Waals surface area contributed by atoms with E-state index in [2.05, 4.69) is 10.1 Å². The van der Waals surface area contributed by atoms with Crippen molar-refractivity contribution in [1.29, 1.82) is 0 Å². The highest BCUT2D eigenvalue weighted by Gasteiger charge is 2.20. The fourth-order valence-corrected chi connectivity index (χ4v) is 3.18. The maximum absolute atomic E-state index is 9.77. The first-order chi connectivity index (χ1) is 10.7. The van der Waals surface area contributed by atoms with E-state index in [0.717, 1.165) is 22.0 Å². The molecule has 1 N–H and O–H groups in total. The molecule has 3 aromatic rings. The van der Waals surface area contributed by atoms with Gasteiger partial charge < -0.3 is 14.6 Å². The van der Waals surface area contributed by atoms with Gasteiger partial charge in [-0.05, 0) is 24.6 Å². The van der Waals surface area contributed by atoms with Crippen LogP contribution in [0.4, 0.5) is 0 Å². The van der Waals surface area contributed by atoms with Gasteiger partial charge in [-0.1, -0.05) is 18.3 Å². The number of hydrogen-bond donors (Lipinski definition) is 1. The van der Waals surface area contributed by atoms with Crippen molar-refractivity contribution >= 4 is 16.3 Å². The Balaban J connectivity index is 2.23. The molecule has 1 aromatic carbocycles. The molecule has 3 rings (SSSR count). The normalized spacial score (nSPS) is 11.1. The molecule has 0 spiro atoms. The van der Waals surface area contributed by atoms with Crippen LogP contribution in [-0.2, 0) is 13.0 Å². The van der Waals surface area contributed by atoms with E-state index in [1.165, 1.54) is 11.3 Å². The quantitative estimate of drug-likeness (QED) is 0.782. The molecule has 7 heteroatoms. The first-order valence-corrected chi connectivity index (χ1v) is 7.74. The molecule has 0 bridgehead atoms. The molecule has 0 atom stereocenters. The van der Waals surface area contributed by atoms with Crippen molar-refractivity contribution in [2.75, 3.05) is 14.2 Å². The molecule has 116 valence electrons. The number of aryl methyl sites for hydroxylation is 1. The van der Waals surface area contributed by atoms with Gasteiger partial charge in [-0.2, -0.15) is 5.10 Å². The zero-order chi connectivity index (χ0) is 15.7. The first kappa shape index (κ1) is 14.8. The van der Waals surface area contributed by atoms with E-state index in [1.54, 1.807) is 18.7 Å². The zero-order valence-electron chi connectivity index (χ0n) is 12.7. The van der Waals surface area contributed by atoms with Crippen LogP contribution >= 0.6 is 11.3 Å². The number of nitrogens with zero attached hydrogens (tertiary/aromatic N) is 3. The lowest BCUT2D eigenvalue weighted by Gasteiger charge is -2.09. The van der Waals surface area contributed by atoms with Gasteiger partial charge in [0.25, 0.3) is 0 Å². The van der Waals surface area contributed by atoms with Gasteiger partial charge in [0, 0.05) is 5.56 Å². The molecule has 0 aliphatic heterocycles. The summed E-state index contributed by atoms with van der Waals surface area (Å²) >= 11 is 1.52. The Kier molecular flexibility index (Phi) is 4.00. The topological polar surface area (TPSA) is 68.9 Å². The summed E-state index contributed by atoms with van der Waals surface area (Å²) in [5.74, 6) is 1.38. The number of aromatic nitrogens is 3. The van der Waals surface area contributed by atoms with E-state index in [0.29, 0.717) is 22.9 Å². The average molecular weight is 319 g/mol. The fraction of sp³-hybridized carbons (Fsp3) is 0.333. The molecule has 0 fully saturated rings. The van der Waals surface area contributed by atoms with Crippen LogP contribution in [0.15, 0.2) is 18.2 Å². The van der Waals surface area contributed by atoms with Crippen molar-refractivity contribution in [2.45, 2.75) is 20.0 Å². The first-order valence-electron chi connectivity index (χ1n) is 6.92. The molecule has 0 aliphatic carbocycles. The van der Waals surface area contributed by atoms with Crippen LogP contribution in [0.5, 0.6) is 11.5 Å². The van der Waals surface area contributed by atoms with Crippen molar-refractivity contribution < 1.29 is 14.6 Å². The summed E-state index contributed by atoms with van der Waals surface area (Å²) in [6, 6.07) is 5.51. The number of fused-ring (bicyclic) bond motifs is 1. The lowest BCUT2D eigenvalue weighted by molar-refractivity contribution is 0.275. The second-order valence-corrected chi connectivity index (χ2v) is 5.72. The highest BCUT2D eigenvalue weighted by Crippen LogP contribution is 2.36. The van der Waals surface area contributed by atoms with Crippen molar-refractivity contribution in [3.05, 3.63) is 28.9 Å². The number of rotatable bonds is 5. The summed E-state index contributed by atoms with van der Waals surface area (Å²) in [5.41, 5.74) is 2.10. The van der Waals surface area contributed by atoms with E-state index in [9.17, 15) is 5.11 Å². The van der Waals surface area contributed by atoms with Crippen molar-refractivity contribution in [1.82, 2.24) is 14.6 Å². The molecule has 0 unspecified atom stereocenters. The Labute approximate surface area is 132 Å². The smallest absolute Gasteiger partial charge is 0.213 e. The second-order valence-electron chi connectivity index (χ2n) is 4.68. The highest BCUT2D eigenvalue weighted by atomic mass is 32.1. The van der Waals surface area contributed by atoms with Gasteiger partial charge >= 0.3 is 0 Å². The molecule has 0 saturated carbocycles. The minimum atomic E-state index is -0.149. The fourth-order valence-electron chi connectivity index (χ4n) is 2.33. The van der Waals surface area contributed by atoms with Crippen LogP contribution in [0.1, 0.15) is 17.6 Å². The van der Waals surface area contributed by atoms with Gasteiger partial charge in [-0.15, -0.1) is 0 Å². The van der Waals surface area contributed by atoms with Crippen LogP contribution in [0.25, 0.3) is 16.2 Å². The number of benzene rings is 1. The molecular formula is C15H17N3O3S. The SMILES string of the molecule is CCc1nn2c(CO)c(-c3cc(OC)ccc3OC)nc2s1. The minimum Gasteiger partial charge on any atom is -0.497 e. The summed E-state index contributed by atoms with van der Waals surface area (Å²) in [7, 11) is 3.22. The molecule has 2 heterocycles. The molecule has 6 nitrogen and oxygen atoms in total. The maximum Gasteiger partial charge on any atom is 0.213 e. The van der Waals surface area contributed by atoms with Crippen molar-refractivity contribution in [3.63, 3.8) is 0 Å². The second kappa shape index (κ2) is 5.94. The van der Waals surface area contributed by atoms with E-state index in [-0.39, 0.29) is 6.61 Å². The molecular weight excluding hydrogens is 302 g/mol. The molecule has 0 amide bonds. The minimum absolute atomic E-state index is 0.149. The maximum atomic E-state index is 9.77. The standard InChI is InChI=1S/C15H17N3O3S/c1-4-13-17-18-11(8-19)14(16-15(18)22-13)10-7-9(20-2)5-6-12(10)21-3/h5-7,19H,4,8H2,1-3H3. The number of aliphatic hydroxyl groups is 1. The van der Waals surface area contributed by atoms with Gasteiger partial charge in [0.1, 0.15) is 22.2 Å². The Morgan fingerprint density at radius 1 is 1.27 bits per heavy atom. The molecule has 2 aromatic heterocycles. The van der Waals surface area contributed by atoms with E-state index in [1.807, 2.05) is 25.1 Å². The third kappa shape index (κ3) is 2.32. The van der Waals surface area contributed by atoms with E-state index in [4.69, 9.17) is 9.47 Å². The van der Waals surface area contributed by atoms with Crippen LogP contribution in [0, 0.1) is 0 Å². The van der Waals surface area contributed by atoms with Gasteiger partial charge in [0.05, 0.1) is 26.5 Å². The van der Waals surface area contributed by atoms with Gasteiger partial charge in [-0.3, -0.25) is 0 Å². The molecule has 22 heavy (non-hydrogen) atoms. The number of ether oxygens (including phenoxy) is 2. The summed E-state index contributed by atoms with van der Waals surface area (Å²) < 4.78 is 12.4. The Morgan fingerprint density at radius 2 is 2.09 bits per heavy atom. The van der Waals surface area contributed by atoms with Crippen LogP contribution in [0.2, 0.25) is 0 Å². The summed E-state index contributed by atoms with van der Waals surface area (Å²) in [5, 5.41) is 15.2. The van der Waals surface area contributed by atoms with Crippen molar-refractivity contribution in [2.24, 2.45) is 0 Å². The van der Waals surface area contributed by atoms with Gasteiger partial charge in [0.15, 0.2) is 0 Å². The lowest BCUT2D eigenvalue weighted by Crippen LogP contribution is -1.98. The number of hydrogen-bond acceptors (Lipinski definition) is 6. The predicted octanol–water partition coefficient (Wildman–Crippen LogP) is 2.53. The van der Waals surface area contributed by atoms with Crippen molar-refractivity contribution in [3.8, 4) is 22.8 Å². The average Bonchev–Trinajstić information content (AvgIpc) is 3.10. The summed E-state index contributed by atoms with van der Waals surface area (Å²) in [4.78, 5) is 5.39. The number of aliphatic hydroxyl groups excluding tert-OH is 1. The third-order valence-electron chi connectivity index (χ3n) is 3.45. The van der Waals surface area contributed by atoms with Crippen LogP contribution < -0.4 is 9.47 Å². The predicted molar refractivity (Wildman–Crippen MR) is 84.7 cm³/mol.